The first-order valence-corrected chi connectivity index (χ1v) is 22.6. The summed E-state index contributed by atoms with van der Waals surface area (Å²) in [5.41, 5.74) is 13.5. The van der Waals surface area contributed by atoms with Gasteiger partial charge in [0.25, 0.3) is 0 Å². The van der Waals surface area contributed by atoms with Crippen molar-refractivity contribution < 1.29 is 28.5 Å². The zero-order valence-corrected chi connectivity index (χ0v) is 38.7. The number of benzene rings is 8. The first-order chi connectivity index (χ1) is 32.4. The number of rotatable bonds is 13. The molecule has 1 unspecified atom stereocenters. The fourth-order valence-electron chi connectivity index (χ4n) is 9.33. The van der Waals surface area contributed by atoms with E-state index >= 15 is 0 Å². The lowest BCUT2D eigenvalue weighted by Crippen LogP contribution is -2.19. The van der Waals surface area contributed by atoms with Crippen LogP contribution in [0.3, 0.4) is 0 Å². The normalized spacial score (nSPS) is 12.9. The number of ether oxygens (including phenoxy) is 4. The van der Waals surface area contributed by atoms with Crippen LogP contribution in [0.15, 0.2) is 194 Å². The van der Waals surface area contributed by atoms with E-state index in [2.05, 4.69) is 142 Å². The summed E-state index contributed by atoms with van der Waals surface area (Å²) < 4.78 is 21.9. The maximum absolute atomic E-state index is 13.0. The number of carbonyl (C=O) groups excluding carboxylic acids is 2. The van der Waals surface area contributed by atoms with Gasteiger partial charge in [-0.15, -0.1) is 0 Å². The van der Waals surface area contributed by atoms with Crippen LogP contribution in [0.5, 0.6) is 23.0 Å². The number of hydrogen-bond donors (Lipinski definition) is 0. The van der Waals surface area contributed by atoms with E-state index in [1.807, 2.05) is 60.7 Å². The quantitative estimate of drug-likeness (QED) is 0.0648. The van der Waals surface area contributed by atoms with E-state index in [1.54, 1.807) is 31.4 Å². The zero-order chi connectivity index (χ0) is 46.7. The number of anilines is 3. The molecule has 8 aromatic rings. The molecule has 0 spiro atoms. The van der Waals surface area contributed by atoms with Crippen LogP contribution in [0.1, 0.15) is 79.5 Å². The Morgan fingerprint density at radius 1 is 0.522 bits per heavy atom. The van der Waals surface area contributed by atoms with Gasteiger partial charge in [0.15, 0.2) is 0 Å². The molecule has 67 heavy (non-hydrogen) atoms. The Morgan fingerprint density at radius 3 is 1.57 bits per heavy atom. The average Bonchev–Trinajstić information content (AvgIpc) is 3.57. The molecule has 9 rings (SSSR count). The van der Waals surface area contributed by atoms with Crippen LogP contribution in [-0.4, -0.2) is 19.2 Å². The van der Waals surface area contributed by atoms with Gasteiger partial charge >= 0.3 is 12.1 Å². The van der Waals surface area contributed by atoms with Gasteiger partial charge in [0.05, 0.1) is 7.11 Å². The first-order valence-electron chi connectivity index (χ1n) is 22.6. The lowest BCUT2D eigenvalue weighted by molar-refractivity contribution is -0.131. The van der Waals surface area contributed by atoms with Gasteiger partial charge in [-0.2, -0.15) is 0 Å². The van der Waals surface area contributed by atoms with Gasteiger partial charge in [0, 0.05) is 40.7 Å². The minimum atomic E-state index is -0.828. The van der Waals surface area contributed by atoms with Crippen molar-refractivity contribution in [3.63, 3.8) is 0 Å². The van der Waals surface area contributed by atoms with Crippen molar-refractivity contribution in [3.8, 4) is 34.1 Å². The van der Waals surface area contributed by atoms with Crippen LogP contribution >= 0.6 is 0 Å². The Hall–Kier alpha value is -7.90. The summed E-state index contributed by atoms with van der Waals surface area (Å²) >= 11 is 0. The Kier molecular flexibility index (Phi) is 12.3. The highest BCUT2D eigenvalue weighted by molar-refractivity contribution is 5.85. The summed E-state index contributed by atoms with van der Waals surface area (Å²) in [6, 6.07) is 65.7. The topological polar surface area (TPSA) is 74.3 Å². The van der Waals surface area contributed by atoms with Crippen molar-refractivity contribution in [2.75, 3.05) is 12.0 Å². The van der Waals surface area contributed by atoms with Gasteiger partial charge in [-0.3, -0.25) is 4.79 Å². The molecule has 1 aliphatic rings. The number of fused-ring (bicyclic) bond motifs is 3. The molecule has 0 aromatic heterocycles. The van der Waals surface area contributed by atoms with Gasteiger partial charge in [-0.25, -0.2) is 4.79 Å². The molecule has 0 radical (unpaired) electrons. The van der Waals surface area contributed by atoms with E-state index in [9.17, 15) is 9.59 Å². The summed E-state index contributed by atoms with van der Waals surface area (Å²) in [4.78, 5) is 26.7. The zero-order valence-electron chi connectivity index (χ0n) is 38.7. The molecular weight excluding hydrogens is 831 g/mol. The molecule has 1 atom stereocenters. The maximum atomic E-state index is 13.0. The van der Waals surface area contributed by atoms with Crippen molar-refractivity contribution in [2.24, 2.45) is 0 Å². The summed E-state index contributed by atoms with van der Waals surface area (Å²) in [5.74, 6) is 1.67. The number of esters is 1. The molecule has 0 N–H and O–H groups in total. The Labute approximate surface area is 393 Å². The van der Waals surface area contributed by atoms with Gasteiger partial charge in [-0.1, -0.05) is 137 Å². The molecule has 0 bridgehead atoms. The Bertz CT molecular complexity index is 3010. The second kappa shape index (κ2) is 18.5. The molecule has 334 valence electrons. The van der Waals surface area contributed by atoms with Crippen molar-refractivity contribution in [3.05, 3.63) is 233 Å². The summed E-state index contributed by atoms with van der Waals surface area (Å²) in [6.07, 6.45) is -0.0939. The van der Waals surface area contributed by atoms with E-state index in [4.69, 9.17) is 18.9 Å². The Morgan fingerprint density at radius 2 is 1.00 bits per heavy atom. The highest BCUT2D eigenvalue weighted by Crippen LogP contribution is 2.50. The Balaban J connectivity index is 0.912. The minimum absolute atomic E-state index is 0.00173. The summed E-state index contributed by atoms with van der Waals surface area (Å²) in [5, 5.41) is 0. The van der Waals surface area contributed by atoms with Gasteiger partial charge in [0.2, 0.25) is 0 Å². The second-order valence-electron chi connectivity index (χ2n) is 18.1. The van der Waals surface area contributed by atoms with Crippen LogP contribution in [0.25, 0.3) is 11.1 Å². The maximum Gasteiger partial charge on any atom is 0.519 e. The molecule has 8 aromatic carbocycles. The SMILES string of the molecule is COc1ccc(C(Cc2ccc(N(c3ccccc3)c3ccc4c(c3)C(C)(C)c3ccccc3-4)cc2)c2ccc(OC(=O)Oc3ccc(C(C)(C)c4ccc(OC(C)=O)cc4)cc3)cc2)cc1. The third kappa shape index (κ3) is 9.32. The van der Waals surface area contributed by atoms with E-state index < -0.39 is 6.16 Å². The van der Waals surface area contributed by atoms with Crippen LogP contribution in [-0.2, 0) is 22.0 Å². The summed E-state index contributed by atoms with van der Waals surface area (Å²) in [6.45, 7) is 10.2. The molecule has 0 aliphatic heterocycles. The number of nitrogens with zero attached hydrogens (tertiary/aromatic N) is 1. The highest BCUT2D eigenvalue weighted by Gasteiger charge is 2.36. The number of carbonyl (C=O) groups is 2. The molecule has 7 nitrogen and oxygen atoms in total. The van der Waals surface area contributed by atoms with Crippen molar-refractivity contribution >= 4 is 29.2 Å². The average molecular weight is 884 g/mol. The summed E-state index contributed by atoms with van der Waals surface area (Å²) in [7, 11) is 1.67. The van der Waals surface area contributed by atoms with Crippen molar-refractivity contribution in [2.45, 2.75) is 57.8 Å². The largest absolute Gasteiger partial charge is 0.519 e. The van der Waals surface area contributed by atoms with Crippen LogP contribution < -0.4 is 23.8 Å². The molecule has 7 heteroatoms. The number of para-hydroxylation sites is 1. The van der Waals surface area contributed by atoms with Crippen LogP contribution in [0, 0.1) is 0 Å². The van der Waals surface area contributed by atoms with E-state index in [0.29, 0.717) is 17.2 Å². The van der Waals surface area contributed by atoms with E-state index in [-0.39, 0.29) is 22.7 Å². The second-order valence-corrected chi connectivity index (χ2v) is 18.1. The van der Waals surface area contributed by atoms with Gasteiger partial charge in [-0.05, 0) is 141 Å². The fourth-order valence-corrected chi connectivity index (χ4v) is 9.33. The molecule has 0 fully saturated rings. The highest BCUT2D eigenvalue weighted by atomic mass is 16.7. The standard InChI is InChI=1S/C60H53NO6/c1-40(62)65-50-33-22-44(23-34-50)59(2,3)45-24-35-52(36-25-45)67-58(63)66-51-31-20-43(21-32-51)55(42-18-29-49(64-6)30-19-42)38-41-16-26-47(27-17-41)61(46-12-8-7-9-13-46)48-28-37-54-53-14-10-11-15-56(53)60(4,5)57(54)39-48/h7-37,39,55H,38H2,1-6H3. The first kappa shape index (κ1) is 44.3. The molecule has 0 amide bonds. The van der Waals surface area contributed by atoms with Crippen LogP contribution in [0.4, 0.5) is 21.9 Å². The monoisotopic (exact) mass is 883 g/mol. The molecule has 0 saturated heterocycles. The van der Waals surface area contributed by atoms with Gasteiger partial charge < -0.3 is 23.8 Å². The predicted octanol–water partition coefficient (Wildman–Crippen LogP) is 14.7. The molecule has 0 saturated carbocycles. The molecule has 1 aliphatic carbocycles. The van der Waals surface area contributed by atoms with Crippen molar-refractivity contribution in [1.82, 2.24) is 0 Å². The van der Waals surface area contributed by atoms with Crippen molar-refractivity contribution in [1.29, 1.82) is 0 Å². The van der Waals surface area contributed by atoms with Crippen LogP contribution in [0.2, 0.25) is 0 Å². The smallest absolute Gasteiger partial charge is 0.497 e. The fraction of sp³-hybridized carbons (Fsp3) is 0.167. The molecular formula is C60H53NO6. The lowest BCUT2D eigenvalue weighted by atomic mass is 9.78. The lowest BCUT2D eigenvalue weighted by Gasteiger charge is -2.28. The van der Waals surface area contributed by atoms with E-state index in [0.717, 1.165) is 51.5 Å². The van der Waals surface area contributed by atoms with E-state index in [1.165, 1.54) is 34.7 Å². The predicted molar refractivity (Wildman–Crippen MR) is 267 cm³/mol. The third-order valence-electron chi connectivity index (χ3n) is 13.1. The number of methoxy groups -OCH3 is 1. The van der Waals surface area contributed by atoms with Gasteiger partial charge in [0.1, 0.15) is 23.0 Å². The molecule has 0 heterocycles. The number of hydrogen-bond acceptors (Lipinski definition) is 7. The third-order valence-corrected chi connectivity index (χ3v) is 13.1. The minimum Gasteiger partial charge on any atom is -0.497 e.